The van der Waals surface area contributed by atoms with Gasteiger partial charge in [0.2, 0.25) is 5.91 Å². The zero-order valence-electron chi connectivity index (χ0n) is 21.3. The first kappa shape index (κ1) is 24.2. The first-order chi connectivity index (χ1) is 19.0. The molecule has 5 heteroatoms. The van der Waals surface area contributed by atoms with Crippen molar-refractivity contribution in [1.82, 2.24) is 4.57 Å². The van der Waals surface area contributed by atoms with E-state index >= 15 is 0 Å². The lowest BCUT2D eigenvalue weighted by molar-refractivity contribution is 0.1000. The number of carbonyl (C=O) groups excluding carboxylic acids is 2. The molecule has 2 N–H and O–H groups in total. The average Bonchev–Trinajstić information content (AvgIpc) is 3.30. The van der Waals surface area contributed by atoms with Gasteiger partial charge in [0, 0.05) is 34.0 Å². The van der Waals surface area contributed by atoms with Crippen LogP contribution in [0.5, 0.6) is 5.75 Å². The zero-order chi connectivity index (χ0) is 26.9. The van der Waals surface area contributed by atoms with E-state index in [1.54, 1.807) is 13.2 Å². The third-order valence-corrected chi connectivity index (χ3v) is 7.11. The maximum Gasteiger partial charge on any atom is 0.249 e. The Hall–Kier alpha value is -5.16. The molecule has 1 aromatic heterocycles. The fourth-order valence-corrected chi connectivity index (χ4v) is 5.18. The van der Waals surface area contributed by atoms with Gasteiger partial charge >= 0.3 is 0 Å². The summed E-state index contributed by atoms with van der Waals surface area (Å²) < 4.78 is 7.45. The van der Waals surface area contributed by atoms with E-state index in [4.69, 9.17) is 10.5 Å². The molecule has 0 fully saturated rings. The summed E-state index contributed by atoms with van der Waals surface area (Å²) in [5.74, 6) is 0.255. The second-order valence-corrected chi connectivity index (χ2v) is 9.38. The monoisotopic (exact) mass is 509 g/mol. The van der Waals surface area contributed by atoms with Crippen LogP contribution >= 0.6 is 0 Å². The highest BCUT2D eigenvalue weighted by Crippen LogP contribution is 2.35. The molecule has 0 aliphatic heterocycles. The molecular weight excluding hydrogens is 484 g/mol. The Labute approximate surface area is 226 Å². The lowest BCUT2D eigenvalue weighted by atomic mass is 9.98. The van der Waals surface area contributed by atoms with Gasteiger partial charge in [-0.3, -0.25) is 9.59 Å². The van der Waals surface area contributed by atoms with Crippen LogP contribution in [0.25, 0.3) is 32.9 Å². The second-order valence-electron chi connectivity index (χ2n) is 9.38. The molecule has 5 aromatic carbocycles. The van der Waals surface area contributed by atoms with Crippen LogP contribution in [0.3, 0.4) is 0 Å². The number of hydrogen-bond acceptors (Lipinski definition) is 3. The molecule has 0 bridgehead atoms. The minimum atomic E-state index is -0.494. The quantitative estimate of drug-likeness (QED) is 0.245. The van der Waals surface area contributed by atoms with Gasteiger partial charge in [-0.05, 0) is 59.2 Å². The molecule has 0 atom stereocenters. The maximum absolute atomic E-state index is 13.5. The van der Waals surface area contributed by atoms with E-state index < -0.39 is 5.91 Å². The van der Waals surface area contributed by atoms with Crippen LogP contribution in [-0.4, -0.2) is 23.4 Å². The lowest BCUT2D eigenvalue weighted by Crippen LogP contribution is -2.11. The van der Waals surface area contributed by atoms with Crippen LogP contribution in [0.15, 0.2) is 109 Å². The Morgan fingerprint density at radius 2 is 1.51 bits per heavy atom. The summed E-state index contributed by atoms with van der Waals surface area (Å²) >= 11 is 0. The Morgan fingerprint density at radius 1 is 0.795 bits per heavy atom. The van der Waals surface area contributed by atoms with Gasteiger partial charge in [-0.15, -0.1) is 0 Å². The molecule has 6 aromatic rings. The SMILES string of the molecule is COc1ccc(-c2c[c]c3c4c(C(N)=O)cccc4n(Cc4ccccc4C(=O)c4ccccc4)c3c2)cc1. The number of hydrogen-bond donors (Lipinski definition) is 1. The number of rotatable bonds is 7. The predicted molar refractivity (Wildman–Crippen MR) is 154 cm³/mol. The highest BCUT2D eigenvalue weighted by Gasteiger charge is 2.20. The van der Waals surface area contributed by atoms with Crippen molar-refractivity contribution < 1.29 is 14.3 Å². The second kappa shape index (κ2) is 9.95. The van der Waals surface area contributed by atoms with Gasteiger partial charge < -0.3 is 15.0 Å². The van der Waals surface area contributed by atoms with E-state index in [0.717, 1.165) is 44.2 Å². The Balaban J connectivity index is 1.55. The van der Waals surface area contributed by atoms with Crippen molar-refractivity contribution in [1.29, 1.82) is 0 Å². The highest BCUT2D eigenvalue weighted by molar-refractivity contribution is 6.18. The first-order valence-corrected chi connectivity index (χ1v) is 12.6. The van der Waals surface area contributed by atoms with Gasteiger partial charge in [0.15, 0.2) is 5.78 Å². The standard InChI is InChI=1S/C34H25N2O3/c1-39-26-17-14-22(15-18-26)24-16-19-28-31(20-24)36(30-13-7-12-29(32(28)30)34(35)38)21-25-10-5-6-11-27(25)33(37)23-8-3-2-4-9-23/h2-18,20H,21H2,1H3,(H2,35,38). The summed E-state index contributed by atoms with van der Waals surface area (Å²) in [6.45, 7) is 0.427. The number of ketones is 1. The zero-order valence-corrected chi connectivity index (χ0v) is 21.3. The topological polar surface area (TPSA) is 74.3 Å². The van der Waals surface area contributed by atoms with Crippen LogP contribution in [-0.2, 0) is 6.54 Å². The molecule has 0 aliphatic carbocycles. The Morgan fingerprint density at radius 3 is 2.26 bits per heavy atom. The van der Waals surface area contributed by atoms with Crippen molar-refractivity contribution in [2.75, 3.05) is 7.11 Å². The first-order valence-electron chi connectivity index (χ1n) is 12.6. The third-order valence-electron chi connectivity index (χ3n) is 7.11. The average molecular weight is 510 g/mol. The fourth-order valence-electron chi connectivity index (χ4n) is 5.18. The van der Waals surface area contributed by atoms with Crippen LogP contribution in [0.4, 0.5) is 0 Å². The lowest BCUT2D eigenvalue weighted by Gasteiger charge is -2.13. The van der Waals surface area contributed by atoms with Crippen molar-refractivity contribution in [2.24, 2.45) is 5.73 Å². The molecule has 189 valence electrons. The normalized spacial score (nSPS) is 11.1. The minimum absolute atomic E-state index is 0.0322. The van der Waals surface area contributed by atoms with E-state index in [0.29, 0.717) is 23.2 Å². The molecule has 1 heterocycles. The summed E-state index contributed by atoms with van der Waals surface area (Å²) in [7, 11) is 1.64. The van der Waals surface area contributed by atoms with Gasteiger partial charge in [0.25, 0.3) is 0 Å². The number of primary amides is 1. The maximum atomic E-state index is 13.5. The van der Waals surface area contributed by atoms with Crippen LogP contribution in [0, 0.1) is 6.07 Å². The van der Waals surface area contributed by atoms with Crippen molar-refractivity contribution in [3.8, 4) is 16.9 Å². The number of amides is 1. The number of nitrogens with two attached hydrogens (primary N) is 1. The summed E-state index contributed by atoms with van der Waals surface area (Å²) in [5.41, 5.74) is 12.1. The van der Waals surface area contributed by atoms with Gasteiger partial charge in [-0.25, -0.2) is 0 Å². The fraction of sp³-hybridized carbons (Fsp3) is 0.0588. The smallest absolute Gasteiger partial charge is 0.249 e. The predicted octanol–water partition coefficient (Wildman–Crippen LogP) is 6.65. The van der Waals surface area contributed by atoms with Crippen molar-refractivity contribution in [3.63, 3.8) is 0 Å². The number of nitrogens with zero attached hydrogens (tertiary/aromatic N) is 1. The molecule has 0 saturated heterocycles. The molecule has 0 unspecified atom stereocenters. The molecule has 0 spiro atoms. The summed E-state index contributed by atoms with van der Waals surface area (Å²) in [5, 5.41) is 1.57. The van der Waals surface area contributed by atoms with Crippen LogP contribution in [0.2, 0.25) is 0 Å². The molecule has 6 rings (SSSR count). The van der Waals surface area contributed by atoms with Crippen LogP contribution in [0.1, 0.15) is 31.8 Å². The van der Waals surface area contributed by atoms with Crippen LogP contribution < -0.4 is 10.5 Å². The van der Waals surface area contributed by atoms with E-state index in [9.17, 15) is 9.59 Å². The van der Waals surface area contributed by atoms with Gasteiger partial charge in [0.1, 0.15) is 5.75 Å². The number of methoxy groups -OCH3 is 1. The summed E-state index contributed by atoms with van der Waals surface area (Å²) in [6.07, 6.45) is 0. The van der Waals surface area contributed by atoms with E-state index in [1.807, 2.05) is 97.1 Å². The Kier molecular flexibility index (Phi) is 6.17. The largest absolute Gasteiger partial charge is 0.497 e. The van der Waals surface area contributed by atoms with Gasteiger partial charge in [-0.2, -0.15) is 0 Å². The number of fused-ring (bicyclic) bond motifs is 3. The van der Waals surface area contributed by atoms with E-state index in [-0.39, 0.29) is 5.78 Å². The summed E-state index contributed by atoms with van der Waals surface area (Å²) in [6, 6.07) is 37.8. The van der Waals surface area contributed by atoms with Crippen molar-refractivity contribution >= 4 is 33.5 Å². The number of benzene rings is 5. The van der Waals surface area contributed by atoms with Gasteiger partial charge in [0.05, 0.1) is 18.1 Å². The molecule has 1 amide bonds. The number of ether oxygens (including phenoxy) is 1. The van der Waals surface area contributed by atoms with Gasteiger partial charge in [-0.1, -0.05) is 72.8 Å². The van der Waals surface area contributed by atoms with Crippen molar-refractivity contribution in [3.05, 3.63) is 138 Å². The third kappa shape index (κ3) is 4.34. The Bertz CT molecular complexity index is 1850. The molecule has 39 heavy (non-hydrogen) atoms. The van der Waals surface area contributed by atoms with E-state index in [1.165, 1.54) is 0 Å². The molecule has 1 radical (unpaired) electrons. The highest BCUT2D eigenvalue weighted by atomic mass is 16.5. The minimum Gasteiger partial charge on any atom is -0.497 e. The molecule has 0 aliphatic rings. The molecular formula is C34H25N2O3. The van der Waals surface area contributed by atoms with Crippen molar-refractivity contribution in [2.45, 2.75) is 6.54 Å². The summed E-state index contributed by atoms with van der Waals surface area (Å²) in [4.78, 5) is 25.9. The number of carbonyl (C=O) groups is 2. The number of aromatic nitrogens is 1. The van der Waals surface area contributed by atoms with E-state index in [2.05, 4.69) is 16.7 Å². The molecule has 5 nitrogen and oxygen atoms in total. The molecule has 0 saturated carbocycles.